The van der Waals surface area contributed by atoms with Crippen LogP contribution in [0.25, 0.3) is 5.69 Å². The molecule has 1 amide bonds. The molecule has 1 aliphatic rings. The summed E-state index contributed by atoms with van der Waals surface area (Å²) >= 11 is 0. The van der Waals surface area contributed by atoms with E-state index in [4.69, 9.17) is 14.2 Å². The van der Waals surface area contributed by atoms with Crippen LogP contribution in [-0.4, -0.2) is 58.9 Å². The van der Waals surface area contributed by atoms with E-state index in [-0.39, 0.29) is 30.1 Å². The Bertz CT molecular complexity index is 1240. The lowest BCUT2D eigenvalue weighted by molar-refractivity contribution is 0.0569. The van der Waals surface area contributed by atoms with E-state index in [1.807, 2.05) is 44.2 Å². The van der Waals surface area contributed by atoms with E-state index in [2.05, 4.69) is 4.98 Å². The van der Waals surface area contributed by atoms with Crippen molar-refractivity contribution in [2.75, 3.05) is 27.3 Å². The van der Waals surface area contributed by atoms with Gasteiger partial charge in [0.25, 0.3) is 11.5 Å². The summed E-state index contributed by atoms with van der Waals surface area (Å²) in [6.07, 6.45) is -0.153. The number of amides is 1. The molecule has 2 heterocycles. The van der Waals surface area contributed by atoms with Gasteiger partial charge in [0.15, 0.2) is 5.56 Å². The zero-order valence-corrected chi connectivity index (χ0v) is 20.2. The second-order valence-corrected chi connectivity index (χ2v) is 8.56. The SMILES string of the molecule is COc1cccc(OC)c1-n1c(COC(C)C)nc(O)c(C(=O)N2CC(c3ccccc3)C2)c1=O. The lowest BCUT2D eigenvalue weighted by Crippen LogP contribution is -2.50. The zero-order valence-electron chi connectivity index (χ0n) is 20.2. The average Bonchev–Trinajstić information content (AvgIpc) is 2.82. The summed E-state index contributed by atoms with van der Waals surface area (Å²) in [4.78, 5) is 32.9. The second kappa shape index (κ2) is 10.2. The summed E-state index contributed by atoms with van der Waals surface area (Å²) in [7, 11) is 2.94. The van der Waals surface area contributed by atoms with E-state index in [1.54, 1.807) is 18.2 Å². The van der Waals surface area contributed by atoms with Crippen LogP contribution in [0.4, 0.5) is 0 Å². The Balaban J connectivity index is 1.78. The molecule has 1 fully saturated rings. The van der Waals surface area contributed by atoms with Crippen LogP contribution in [-0.2, 0) is 11.3 Å². The molecule has 1 N–H and O–H groups in total. The summed E-state index contributed by atoms with van der Waals surface area (Å²) in [5.41, 5.74) is 0.266. The number of hydrogen-bond acceptors (Lipinski definition) is 7. The van der Waals surface area contributed by atoms with Crippen LogP contribution < -0.4 is 15.0 Å². The molecule has 0 bridgehead atoms. The summed E-state index contributed by atoms with van der Waals surface area (Å²) in [5.74, 6) is -0.231. The lowest BCUT2D eigenvalue weighted by atomic mass is 9.91. The van der Waals surface area contributed by atoms with Gasteiger partial charge in [0.2, 0.25) is 5.88 Å². The van der Waals surface area contributed by atoms with E-state index in [0.717, 1.165) is 5.56 Å². The highest BCUT2D eigenvalue weighted by atomic mass is 16.5. The van der Waals surface area contributed by atoms with E-state index < -0.39 is 22.9 Å². The first-order chi connectivity index (χ1) is 16.8. The molecule has 0 saturated carbocycles. The van der Waals surface area contributed by atoms with Crippen LogP contribution in [0.5, 0.6) is 17.4 Å². The number of para-hydroxylation sites is 1. The van der Waals surface area contributed by atoms with Crippen molar-refractivity contribution in [3.8, 4) is 23.1 Å². The Kier molecular flexibility index (Phi) is 7.07. The molecule has 1 saturated heterocycles. The molecule has 0 spiro atoms. The predicted molar refractivity (Wildman–Crippen MR) is 130 cm³/mol. The minimum Gasteiger partial charge on any atom is -0.494 e. The lowest BCUT2D eigenvalue weighted by Gasteiger charge is -2.39. The topological polar surface area (TPSA) is 103 Å². The molecule has 3 aromatic rings. The first-order valence-corrected chi connectivity index (χ1v) is 11.4. The van der Waals surface area contributed by atoms with Crippen molar-refractivity contribution in [1.29, 1.82) is 0 Å². The summed E-state index contributed by atoms with van der Waals surface area (Å²) < 4.78 is 17.9. The van der Waals surface area contributed by atoms with Gasteiger partial charge in [0.05, 0.1) is 20.3 Å². The number of carbonyl (C=O) groups is 1. The second-order valence-electron chi connectivity index (χ2n) is 8.56. The van der Waals surface area contributed by atoms with Gasteiger partial charge in [-0.1, -0.05) is 36.4 Å². The molecule has 0 aliphatic carbocycles. The Morgan fingerprint density at radius 2 is 1.69 bits per heavy atom. The van der Waals surface area contributed by atoms with Crippen molar-refractivity contribution >= 4 is 5.91 Å². The van der Waals surface area contributed by atoms with Gasteiger partial charge in [-0.2, -0.15) is 4.98 Å². The third kappa shape index (κ3) is 4.72. The maximum Gasteiger partial charge on any atom is 0.275 e. The molecule has 9 heteroatoms. The fourth-order valence-electron chi connectivity index (χ4n) is 4.10. The number of aromatic nitrogens is 2. The molecule has 0 atom stereocenters. The first kappa shape index (κ1) is 24.3. The van der Waals surface area contributed by atoms with Crippen LogP contribution >= 0.6 is 0 Å². The van der Waals surface area contributed by atoms with E-state index in [9.17, 15) is 14.7 Å². The van der Waals surface area contributed by atoms with Gasteiger partial charge in [-0.05, 0) is 31.5 Å². The maximum atomic E-state index is 13.8. The normalized spacial score (nSPS) is 13.6. The molecule has 0 radical (unpaired) electrons. The van der Waals surface area contributed by atoms with Crippen molar-refractivity contribution in [3.63, 3.8) is 0 Å². The monoisotopic (exact) mass is 479 g/mol. The van der Waals surface area contributed by atoms with Gasteiger partial charge < -0.3 is 24.2 Å². The molecule has 2 aromatic carbocycles. The number of methoxy groups -OCH3 is 2. The van der Waals surface area contributed by atoms with Crippen LogP contribution in [0.15, 0.2) is 53.3 Å². The number of nitrogens with zero attached hydrogens (tertiary/aromatic N) is 3. The van der Waals surface area contributed by atoms with Crippen LogP contribution in [0.3, 0.4) is 0 Å². The number of rotatable bonds is 8. The molecular weight excluding hydrogens is 450 g/mol. The minimum atomic E-state index is -0.726. The summed E-state index contributed by atoms with van der Waals surface area (Å²) in [6, 6.07) is 14.9. The number of likely N-dealkylation sites (tertiary alicyclic amines) is 1. The van der Waals surface area contributed by atoms with E-state index in [0.29, 0.717) is 24.6 Å². The highest BCUT2D eigenvalue weighted by Gasteiger charge is 2.36. The maximum absolute atomic E-state index is 13.8. The van der Waals surface area contributed by atoms with Gasteiger partial charge in [-0.3, -0.25) is 14.2 Å². The third-order valence-corrected chi connectivity index (χ3v) is 5.96. The highest BCUT2D eigenvalue weighted by Crippen LogP contribution is 2.34. The van der Waals surface area contributed by atoms with Crippen LogP contribution in [0.1, 0.15) is 41.5 Å². The van der Waals surface area contributed by atoms with Crippen molar-refractivity contribution in [1.82, 2.24) is 14.5 Å². The Morgan fingerprint density at radius 3 is 2.26 bits per heavy atom. The predicted octanol–water partition coefficient (Wildman–Crippen LogP) is 3.12. The smallest absolute Gasteiger partial charge is 0.275 e. The summed E-state index contributed by atoms with van der Waals surface area (Å²) in [5, 5.41) is 10.7. The van der Waals surface area contributed by atoms with Gasteiger partial charge in [0, 0.05) is 19.0 Å². The Labute approximate surface area is 203 Å². The standard InChI is InChI=1S/C26H29N3O6/c1-16(2)35-15-21-27-24(30)22(25(31)28-13-18(14-28)17-9-6-5-7-10-17)26(32)29(21)23-19(33-3)11-8-12-20(23)34-4/h5-12,16,18,30H,13-15H2,1-4H3. The molecule has 1 aromatic heterocycles. The molecular formula is C26H29N3O6. The number of hydrogen-bond donors (Lipinski definition) is 1. The fourth-order valence-corrected chi connectivity index (χ4v) is 4.10. The average molecular weight is 480 g/mol. The van der Waals surface area contributed by atoms with Crippen molar-refractivity contribution in [3.05, 3.63) is 75.8 Å². The summed E-state index contributed by atoms with van der Waals surface area (Å²) in [6.45, 7) is 4.50. The molecule has 4 rings (SSSR count). The quantitative estimate of drug-likeness (QED) is 0.529. The molecule has 0 unspecified atom stereocenters. The molecule has 184 valence electrons. The zero-order chi connectivity index (χ0) is 25.1. The number of benzene rings is 2. The number of ether oxygens (including phenoxy) is 3. The Morgan fingerprint density at radius 1 is 1.06 bits per heavy atom. The van der Waals surface area contributed by atoms with Crippen LogP contribution in [0, 0.1) is 0 Å². The fraction of sp³-hybridized carbons (Fsp3) is 0.346. The third-order valence-electron chi connectivity index (χ3n) is 5.96. The Hall–Kier alpha value is -3.85. The largest absolute Gasteiger partial charge is 0.494 e. The van der Waals surface area contributed by atoms with Crippen molar-refractivity contribution in [2.45, 2.75) is 32.5 Å². The number of aromatic hydroxyl groups is 1. The molecule has 35 heavy (non-hydrogen) atoms. The highest BCUT2D eigenvalue weighted by molar-refractivity contribution is 5.96. The van der Waals surface area contributed by atoms with Gasteiger partial charge >= 0.3 is 0 Å². The first-order valence-electron chi connectivity index (χ1n) is 11.4. The minimum absolute atomic E-state index is 0.0735. The van der Waals surface area contributed by atoms with E-state index >= 15 is 0 Å². The van der Waals surface area contributed by atoms with Gasteiger partial charge in [-0.15, -0.1) is 0 Å². The van der Waals surface area contributed by atoms with Crippen LogP contribution in [0.2, 0.25) is 0 Å². The number of carbonyl (C=O) groups excluding carboxylic acids is 1. The van der Waals surface area contributed by atoms with Gasteiger partial charge in [-0.25, -0.2) is 0 Å². The van der Waals surface area contributed by atoms with Crippen molar-refractivity contribution < 1.29 is 24.1 Å². The van der Waals surface area contributed by atoms with E-state index in [1.165, 1.54) is 23.7 Å². The molecule has 1 aliphatic heterocycles. The molecule has 9 nitrogen and oxygen atoms in total. The van der Waals surface area contributed by atoms with Crippen molar-refractivity contribution in [2.24, 2.45) is 0 Å². The van der Waals surface area contributed by atoms with Gasteiger partial charge in [0.1, 0.15) is 29.6 Å².